The number of fused-ring (bicyclic) bond motifs is 1. The molecule has 7 heteroatoms. The number of nitrogens with two attached hydrogens (primary N) is 1. The first-order valence-corrected chi connectivity index (χ1v) is 12.9. The third-order valence-electron chi connectivity index (χ3n) is 4.82. The molecule has 0 fully saturated rings. The molecule has 0 radical (unpaired) electrons. The van der Waals surface area contributed by atoms with Gasteiger partial charge in [0.1, 0.15) is 9.04 Å². The highest BCUT2D eigenvalue weighted by Gasteiger charge is 2.25. The van der Waals surface area contributed by atoms with Gasteiger partial charge >= 0.3 is 0 Å². The minimum atomic E-state index is -3.43. The molecular formula is C22H22N2O2S3. The van der Waals surface area contributed by atoms with Crippen LogP contribution < -0.4 is 5.73 Å². The first kappa shape index (κ1) is 20.1. The number of hydrogen-bond donors (Lipinski definition) is 1. The maximum Gasteiger partial charge on any atom is 0.189 e. The molecule has 0 aliphatic carbocycles. The quantitative estimate of drug-likeness (QED) is 0.344. The van der Waals surface area contributed by atoms with Crippen LogP contribution in [0.3, 0.4) is 0 Å². The van der Waals surface area contributed by atoms with Gasteiger partial charge in [-0.3, -0.25) is 0 Å². The molecule has 0 unspecified atom stereocenters. The Bertz CT molecular complexity index is 1230. The van der Waals surface area contributed by atoms with Crippen LogP contribution in [0.2, 0.25) is 0 Å². The number of anilines is 1. The average molecular weight is 443 g/mol. The van der Waals surface area contributed by atoms with E-state index in [-0.39, 0.29) is 9.96 Å². The normalized spacial score (nSPS) is 11.9. The van der Waals surface area contributed by atoms with E-state index in [1.54, 1.807) is 11.3 Å². The SMILES string of the molecule is CCCCCS(=O)(=O)c1sc2nc(-c3cccs3)cc(-c3ccccc3)c2c1N. The van der Waals surface area contributed by atoms with Gasteiger partial charge in [-0.05, 0) is 35.1 Å². The predicted octanol–water partition coefficient (Wildman–Crippen LogP) is 6.24. The van der Waals surface area contributed by atoms with Crippen LogP contribution in [0.1, 0.15) is 26.2 Å². The third kappa shape index (κ3) is 3.95. The van der Waals surface area contributed by atoms with Crippen LogP contribution in [-0.2, 0) is 9.84 Å². The molecule has 0 aliphatic heterocycles. The number of rotatable bonds is 7. The van der Waals surface area contributed by atoms with Crippen LogP contribution >= 0.6 is 22.7 Å². The van der Waals surface area contributed by atoms with Gasteiger partial charge in [0, 0.05) is 5.39 Å². The summed E-state index contributed by atoms with van der Waals surface area (Å²) in [4.78, 5) is 6.49. The molecule has 0 saturated carbocycles. The van der Waals surface area contributed by atoms with Crippen molar-refractivity contribution in [2.24, 2.45) is 0 Å². The Kier molecular flexibility index (Phi) is 5.72. The first-order chi connectivity index (χ1) is 14.0. The summed E-state index contributed by atoms with van der Waals surface area (Å²) in [5.41, 5.74) is 9.51. The molecule has 3 aromatic heterocycles. The van der Waals surface area contributed by atoms with Crippen LogP contribution in [0.5, 0.6) is 0 Å². The lowest BCUT2D eigenvalue weighted by Gasteiger charge is -2.08. The molecule has 0 spiro atoms. The van der Waals surface area contributed by atoms with Crippen LogP contribution in [0.25, 0.3) is 31.9 Å². The van der Waals surface area contributed by atoms with Crippen molar-refractivity contribution < 1.29 is 8.42 Å². The van der Waals surface area contributed by atoms with E-state index in [0.29, 0.717) is 16.9 Å². The van der Waals surface area contributed by atoms with E-state index in [0.717, 1.165) is 39.9 Å². The van der Waals surface area contributed by atoms with Gasteiger partial charge in [-0.1, -0.05) is 56.2 Å². The van der Waals surface area contributed by atoms with Gasteiger partial charge in [0.05, 0.1) is 22.0 Å². The van der Waals surface area contributed by atoms with Gasteiger partial charge in [0.2, 0.25) is 0 Å². The molecule has 150 valence electrons. The summed E-state index contributed by atoms with van der Waals surface area (Å²) < 4.78 is 26.2. The second-order valence-electron chi connectivity index (χ2n) is 6.91. The van der Waals surface area contributed by atoms with E-state index in [1.807, 2.05) is 53.9 Å². The van der Waals surface area contributed by atoms with E-state index < -0.39 is 9.84 Å². The maximum absolute atomic E-state index is 13.0. The highest BCUT2D eigenvalue weighted by Crippen LogP contribution is 2.43. The highest BCUT2D eigenvalue weighted by atomic mass is 32.2. The van der Waals surface area contributed by atoms with Crippen molar-refractivity contribution in [2.45, 2.75) is 30.4 Å². The summed E-state index contributed by atoms with van der Waals surface area (Å²) in [6.07, 6.45) is 2.51. The summed E-state index contributed by atoms with van der Waals surface area (Å²) in [6.45, 7) is 2.06. The van der Waals surface area contributed by atoms with E-state index in [9.17, 15) is 8.42 Å². The van der Waals surface area contributed by atoms with E-state index in [4.69, 9.17) is 10.7 Å². The molecule has 2 N–H and O–H groups in total. The van der Waals surface area contributed by atoms with Gasteiger partial charge < -0.3 is 5.73 Å². The zero-order valence-corrected chi connectivity index (χ0v) is 18.5. The Morgan fingerprint density at radius 2 is 1.86 bits per heavy atom. The minimum absolute atomic E-state index is 0.121. The monoisotopic (exact) mass is 442 g/mol. The number of nitrogens with zero attached hydrogens (tertiary/aromatic N) is 1. The number of aromatic nitrogens is 1. The molecule has 4 aromatic rings. The van der Waals surface area contributed by atoms with E-state index in [2.05, 4.69) is 6.92 Å². The summed E-state index contributed by atoms with van der Waals surface area (Å²) in [6, 6.07) is 15.9. The van der Waals surface area contributed by atoms with Crippen molar-refractivity contribution in [3.8, 4) is 21.7 Å². The predicted molar refractivity (Wildman–Crippen MR) is 124 cm³/mol. The number of pyridine rings is 1. The van der Waals surface area contributed by atoms with Crippen molar-refractivity contribution in [3.05, 3.63) is 53.9 Å². The van der Waals surface area contributed by atoms with Crippen LogP contribution in [0.15, 0.2) is 58.1 Å². The van der Waals surface area contributed by atoms with Crippen molar-refractivity contribution in [3.63, 3.8) is 0 Å². The second-order valence-corrected chi connectivity index (χ2v) is 11.2. The Morgan fingerprint density at radius 1 is 1.07 bits per heavy atom. The van der Waals surface area contributed by atoms with Crippen molar-refractivity contribution in [2.75, 3.05) is 11.5 Å². The Morgan fingerprint density at radius 3 is 2.55 bits per heavy atom. The Labute approximate surface area is 179 Å². The van der Waals surface area contributed by atoms with Crippen LogP contribution in [-0.4, -0.2) is 19.2 Å². The summed E-state index contributed by atoms with van der Waals surface area (Å²) in [7, 11) is -3.43. The zero-order valence-electron chi connectivity index (χ0n) is 16.1. The van der Waals surface area contributed by atoms with Gasteiger partial charge in [-0.2, -0.15) is 0 Å². The molecule has 0 bridgehead atoms. The second kappa shape index (κ2) is 8.26. The lowest BCUT2D eigenvalue weighted by molar-refractivity contribution is 0.593. The van der Waals surface area contributed by atoms with Crippen molar-refractivity contribution >= 4 is 48.4 Å². The molecule has 3 heterocycles. The fraction of sp³-hybridized carbons (Fsp3) is 0.227. The fourth-order valence-electron chi connectivity index (χ4n) is 3.36. The molecule has 0 aliphatic rings. The fourth-order valence-corrected chi connectivity index (χ4v) is 7.10. The molecule has 0 amide bonds. The largest absolute Gasteiger partial charge is 0.396 e. The van der Waals surface area contributed by atoms with Crippen LogP contribution in [0, 0.1) is 0 Å². The van der Waals surface area contributed by atoms with Crippen molar-refractivity contribution in [1.82, 2.24) is 4.98 Å². The topological polar surface area (TPSA) is 73.0 Å². The molecule has 4 nitrogen and oxygen atoms in total. The number of nitrogen functional groups attached to an aromatic ring is 1. The minimum Gasteiger partial charge on any atom is -0.396 e. The van der Waals surface area contributed by atoms with E-state index in [1.165, 1.54) is 11.3 Å². The Hall–Kier alpha value is -2.22. The molecule has 29 heavy (non-hydrogen) atoms. The lowest BCUT2D eigenvalue weighted by atomic mass is 10.0. The number of benzene rings is 1. The molecular weight excluding hydrogens is 420 g/mol. The smallest absolute Gasteiger partial charge is 0.189 e. The Balaban J connectivity index is 1.93. The molecule has 4 rings (SSSR count). The van der Waals surface area contributed by atoms with Gasteiger partial charge in [0.15, 0.2) is 9.84 Å². The molecule has 1 aromatic carbocycles. The average Bonchev–Trinajstić information content (AvgIpc) is 3.37. The molecule has 0 atom stereocenters. The van der Waals surface area contributed by atoms with Crippen molar-refractivity contribution in [1.29, 1.82) is 0 Å². The summed E-state index contributed by atoms with van der Waals surface area (Å²) in [5, 5.41) is 2.74. The number of sulfone groups is 1. The first-order valence-electron chi connectivity index (χ1n) is 9.56. The highest BCUT2D eigenvalue weighted by molar-refractivity contribution is 7.93. The number of unbranched alkanes of at least 4 members (excludes halogenated alkanes) is 2. The van der Waals surface area contributed by atoms with Gasteiger partial charge in [0.25, 0.3) is 0 Å². The lowest BCUT2D eigenvalue weighted by Crippen LogP contribution is -2.07. The number of hydrogen-bond acceptors (Lipinski definition) is 6. The standard InChI is InChI=1S/C22H22N2O2S3/c1-2-3-7-13-29(25,26)22-20(23)19-16(15-9-5-4-6-10-15)14-17(24-21(19)28-22)18-11-8-12-27-18/h4-6,8-12,14H,2-3,7,13,23H2,1H3. The van der Waals surface area contributed by atoms with Gasteiger partial charge in [-0.25, -0.2) is 13.4 Å². The third-order valence-corrected chi connectivity index (χ3v) is 9.23. The molecule has 0 saturated heterocycles. The van der Waals surface area contributed by atoms with Gasteiger partial charge in [-0.15, -0.1) is 22.7 Å². The summed E-state index contributed by atoms with van der Waals surface area (Å²) >= 11 is 2.80. The summed E-state index contributed by atoms with van der Waals surface area (Å²) in [5.74, 6) is 0.121. The zero-order chi connectivity index (χ0) is 20.4. The maximum atomic E-state index is 13.0. The van der Waals surface area contributed by atoms with E-state index >= 15 is 0 Å². The van der Waals surface area contributed by atoms with Crippen LogP contribution in [0.4, 0.5) is 5.69 Å². The number of thiophene rings is 2.